The van der Waals surface area contributed by atoms with Crippen molar-refractivity contribution in [1.82, 2.24) is 4.57 Å². The van der Waals surface area contributed by atoms with E-state index in [4.69, 9.17) is 0 Å². The van der Waals surface area contributed by atoms with Gasteiger partial charge in [0.25, 0.3) is 11.1 Å². The molecule has 1 heterocycles. The van der Waals surface area contributed by atoms with Crippen molar-refractivity contribution in [1.29, 1.82) is 0 Å². The third-order valence-electron chi connectivity index (χ3n) is 10.5. The molecule has 0 spiro atoms. The van der Waals surface area contributed by atoms with Crippen LogP contribution in [0.1, 0.15) is 110 Å². The fourth-order valence-electron chi connectivity index (χ4n) is 8.17. The van der Waals surface area contributed by atoms with E-state index in [1.54, 1.807) is 0 Å². The van der Waals surface area contributed by atoms with E-state index in [0.29, 0.717) is 17.3 Å². The summed E-state index contributed by atoms with van der Waals surface area (Å²) in [6, 6.07) is 12.8. The van der Waals surface area contributed by atoms with Crippen molar-refractivity contribution in [3.8, 4) is 0 Å². The van der Waals surface area contributed by atoms with Crippen LogP contribution in [0.2, 0.25) is 0 Å². The molecule has 0 saturated carbocycles. The molecule has 45 heavy (non-hydrogen) atoms. The van der Waals surface area contributed by atoms with Gasteiger partial charge in [0.05, 0.1) is 10.8 Å². The van der Waals surface area contributed by atoms with Gasteiger partial charge in [0.1, 0.15) is 0 Å². The van der Waals surface area contributed by atoms with Crippen LogP contribution in [0, 0.1) is 0 Å². The SMILES string of the molecule is CCCCCCCCCCCCCCCCCCn1c(=O)c2c3cc(Br)c4ccc5ccc6c(Br)cc(c2c1=O)c1c6c5c4c31. The van der Waals surface area contributed by atoms with Gasteiger partial charge in [0.15, 0.2) is 0 Å². The van der Waals surface area contributed by atoms with E-state index in [1.165, 1.54) is 116 Å². The molecule has 0 aliphatic carbocycles. The second kappa shape index (κ2) is 13.3. The van der Waals surface area contributed by atoms with E-state index in [2.05, 4.69) is 75.2 Å². The second-order valence-corrected chi connectivity index (χ2v) is 15.2. The monoisotopic (exact) mass is 727 g/mol. The molecule has 234 valence electrons. The van der Waals surface area contributed by atoms with Crippen molar-refractivity contribution in [3.05, 3.63) is 66.1 Å². The van der Waals surface area contributed by atoms with Crippen LogP contribution < -0.4 is 11.1 Å². The summed E-state index contributed by atoms with van der Waals surface area (Å²) < 4.78 is 3.46. The maximum atomic E-state index is 14.0. The Kier molecular flexibility index (Phi) is 9.21. The number of unbranched alkanes of at least 4 members (excludes halogenated alkanes) is 15. The third-order valence-corrected chi connectivity index (χ3v) is 11.8. The highest BCUT2D eigenvalue weighted by Gasteiger charge is 2.28. The average Bonchev–Trinajstić information content (AvgIpc) is 3.52. The number of hydrogen-bond donors (Lipinski definition) is 0. The van der Waals surface area contributed by atoms with E-state index in [1.807, 2.05) is 0 Å². The van der Waals surface area contributed by atoms with E-state index in [0.717, 1.165) is 54.1 Å². The lowest BCUT2D eigenvalue weighted by molar-refractivity contribution is 0.518. The summed E-state index contributed by atoms with van der Waals surface area (Å²) in [6.45, 7) is 2.77. The molecule has 5 heteroatoms. The molecule has 7 aromatic rings. The lowest BCUT2D eigenvalue weighted by atomic mass is 9.95. The number of hydrogen-bond acceptors (Lipinski definition) is 2. The number of fused-ring (bicyclic) bond motifs is 3. The predicted octanol–water partition coefficient (Wildman–Crippen LogP) is 12.7. The van der Waals surface area contributed by atoms with Gasteiger partial charge in [-0.25, -0.2) is 0 Å². The van der Waals surface area contributed by atoms with Crippen LogP contribution in [0.5, 0.6) is 0 Å². The quantitative estimate of drug-likeness (QED) is 0.0692. The van der Waals surface area contributed by atoms with E-state index >= 15 is 0 Å². The molecular weight excluding hydrogens is 686 g/mol. The zero-order valence-corrected chi connectivity index (χ0v) is 29.7. The number of nitrogens with zero attached hydrogens (tertiary/aromatic N) is 1. The van der Waals surface area contributed by atoms with Crippen LogP contribution in [0.3, 0.4) is 0 Å². The largest absolute Gasteiger partial charge is 0.274 e. The zero-order valence-electron chi connectivity index (χ0n) is 26.5. The molecular formula is C40H43Br2NO2. The van der Waals surface area contributed by atoms with Crippen molar-refractivity contribution in [3.63, 3.8) is 0 Å². The molecule has 7 rings (SSSR count). The molecule has 1 aromatic heterocycles. The first-order valence-corrected chi connectivity index (χ1v) is 19.1. The average molecular weight is 730 g/mol. The molecule has 0 N–H and O–H groups in total. The van der Waals surface area contributed by atoms with Crippen LogP contribution in [0.25, 0.3) is 64.6 Å². The zero-order chi connectivity index (χ0) is 31.1. The van der Waals surface area contributed by atoms with Crippen LogP contribution in [-0.4, -0.2) is 4.57 Å². The lowest BCUT2D eigenvalue weighted by Crippen LogP contribution is -2.25. The highest BCUT2D eigenvalue weighted by molar-refractivity contribution is 9.11. The Hall–Kier alpha value is -2.50. The Bertz CT molecular complexity index is 2050. The van der Waals surface area contributed by atoms with Crippen LogP contribution in [0.4, 0.5) is 0 Å². The molecule has 0 bridgehead atoms. The fourth-order valence-corrected chi connectivity index (χ4v) is 9.29. The summed E-state index contributed by atoms with van der Waals surface area (Å²) in [7, 11) is 0. The Morgan fingerprint density at radius 2 is 0.844 bits per heavy atom. The van der Waals surface area contributed by atoms with Crippen molar-refractivity contribution >= 4 is 96.5 Å². The third kappa shape index (κ3) is 5.40. The van der Waals surface area contributed by atoms with Gasteiger partial charge in [0, 0.05) is 15.5 Å². The van der Waals surface area contributed by atoms with Gasteiger partial charge in [-0.3, -0.25) is 14.2 Å². The van der Waals surface area contributed by atoms with Crippen molar-refractivity contribution in [2.45, 2.75) is 116 Å². The highest BCUT2D eigenvalue weighted by Crippen LogP contribution is 2.52. The molecule has 0 aliphatic rings. The Morgan fingerprint density at radius 1 is 0.467 bits per heavy atom. The summed E-state index contributed by atoms with van der Waals surface area (Å²) in [5.74, 6) is 0. The van der Waals surface area contributed by atoms with Crippen molar-refractivity contribution < 1.29 is 0 Å². The Labute approximate surface area is 282 Å². The lowest BCUT2D eigenvalue weighted by Gasteiger charge is -2.08. The normalized spacial score (nSPS) is 12.7. The molecule has 0 aliphatic heterocycles. The maximum Gasteiger partial charge on any atom is 0.262 e. The molecule has 6 aromatic carbocycles. The fraction of sp³-hybridized carbons (Fsp3) is 0.450. The van der Waals surface area contributed by atoms with E-state index < -0.39 is 0 Å². The van der Waals surface area contributed by atoms with Gasteiger partial charge in [-0.15, -0.1) is 0 Å². The minimum atomic E-state index is -0.136. The number of benzene rings is 5. The van der Waals surface area contributed by atoms with Gasteiger partial charge in [-0.2, -0.15) is 0 Å². The molecule has 0 amide bonds. The first-order chi connectivity index (χ1) is 22.0. The minimum absolute atomic E-state index is 0.136. The summed E-state index contributed by atoms with van der Waals surface area (Å²) >= 11 is 7.64. The van der Waals surface area contributed by atoms with Crippen LogP contribution >= 0.6 is 31.9 Å². The summed E-state index contributed by atoms with van der Waals surface area (Å²) in [4.78, 5) is 28.0. The van der Waals surface area contributed by atoms with Gasteiger partial charge < -0.3 is 0 Å². The highest BCUT2D eigenvalue weighted by atomic mass is 79.9. The van der Waals surface area contributed by atoms with Crippen molar-refractivity contribution in [2.75, 3.05) is 0 Å². The number of aromatic nitrogens is 1. The first-order valence-electron chi connectivity index (χ1n) is 17.5. The Morgan fingerprint density at radius 3 is 1.27 bits per heavy atom. The van der Waals surface area contributed by atoms with E-state index in [9.17, 15) is 9.59 Å². The predicted molar refractivity (Wildman–Crippen MR) is 202 cm³/mol. The van der Waals surface area contributed by atoms with E-state index in [-0.39, 0.29) is 11.1 Å². The van der Waals surface area contributed by atoms with Crippen LogP contribution in [0.15, 0.2) is 54.9 Å². The minimum Gasteiger partial charge on any atom is -0.274 e. The van der Waals surface area contributed by atoms with Crippen LogP contribution in [-0.2, 0) is 6.54 Å². The maximum absolute atomic E-state index is 14.0. The molecule has 0 atom stereocenters. The number of halogens is 2. The van der Waals surface area contributed by atoms with Gasteiger partial charge >= 0.3 is 0 Å². The van der Waals surface area contributed by atoms with Gasteiger partial charge in [0.2, 0.25) is 0 Å². The van der Waals surface area contributed by atoms with Gasteiger partial charge in [-0.1, -0.05) is 159 Å². The first kappa shape index (κ1) is 31.1. The summed E-state index contributed by atoms with van der Waals surface area (Å²) in [6.07, 6.45) is 20.9. The standard InChI is InChI=1S/C40H43Br2NO2/c1-2-3-4-5-6-7-8-9-10-11-12-13-14-15-16-17-22-43-39(44)37-28-23-30(41)26-20-18-25-19-21-27-31(42)24-29(38(37)40(43)45)36-34(27)32(25)33(26)35(28)36/h18-21,23-24H,2-17,22H2,1H3. The topological polar surface area (TPSA) is 39.1 Å². The Balaban J connectivity index is 1.03. The smallest absolute Gasteiger partial charge is 0.262 e. The molecule has 0 fully saturated rings. The summed E-state index contributed by atoms with van der Waals surface area (Å²) in [5.41, 5.74) is -0.271. The second-order valence-electron chi connectivity index (χ2n) is 13.5. The molecule has 0 radical (unpaired) electrons. The number of rotatable bonds is 17. The molecule has 3 nitrogen and oxygen atoms in total. The molecule has 0 unspecified atom stereocenters. The van der Waals surface area contributed by atoms with Gasteiger partial charge in [-0.05, 0) is 72.4 Å². The summed E-state index contributed by atoms with van der Waals surface area (Å²) in [5, 5.41) is 12.3. The molecule has 0 saturated heterocycles. The van der Waals surface area contributed by atoms with Crippen molar-refractivity contribution in [2.24, 2.45) is 0 Å².